The summed E-state index contributed by atoms with van der Waals surface area (Å²) in [5.41, 5.74) is 0. The van der Waals surface area contributed by atoms with Gasteiger partial charge in [0.1, 0.15) is 0 Å². The van der Waals surface area contributed by atoms with E-state index in [1.165, 1.54) is 0 Å². The quantitative estimate of drug-likeness (QED) is 0.627. The van der Waals surface area contributed by atoms with Crippen molar-refractivity contribution in [2.75, 3.05) is 12.5 Å². The molecule has 0 aliphatic heterocycles. The van der Waals surface area contributed by atoms with Crippen LogP contribution in [0.2, 0.25) is 0 Å². The highest BCUT2D eigenvalue weighted by Crippen LogP contribution is 2.49. The van der Waals surface area contributed by atoms with E-state index in [1.807, 2.05) is 13.0 Å². The summed E-state index contributed by atoms with van der Waals surface area (Å²) >= 11 is 0. The summed E-state index contributed by atoms with van der Waals surface area (Å²) in [6.07, 6.45) is 4.35. The summed E-state index contributed by atoms with van der Waals surface area (Å²) in [7, 11) is -2.00. The third kappa shape index (κ3) is 3.07. The molecule has 0 aromatic carbocycles. The zero-order chi connectivity index (χ0) is 8.20. The highest BCUT2D eigenvalue weighted by Gasteiger charge is 2.21. The molecule has 0 amide bonds. The third-order valence-corrected chi connectivity index (χ3v) is 3.65. The molecule has 0 heterocycles. The fourth-order valence-electron chi connectivity index (χ4n) is 0.841. The first kappa shape index (κ1) is 9.77. The summed E-state index contributed by atoms with van der Waals surface area (Å²) < 4.78 is 13.2. The maximum absolute atomic E-state index is 13.2. The Morgan fingerprint density at radius 3 is 2.20 bits per heavy atom. The van der Waals surface area contributed by atoms with E-state index in [0.717, 1.165) is 6.42 Å². The summed E-state index contributed by atoms with van der Waals surface area (Å²) in [4.78, 5) is 0. The van der Waals surface area contributed by atoms with E-state index in [2.05, 4.69) is 0 Å². The van der Waals surface area contributed by atoms with Gasteiger partial charge in [-0.3, -0.25) is 0 Å². The van der Waals surface area contributed by atoms with Crippen LogP contribution in [0.25, 0.3) is 0 Å². The van der Waals surface area contributed by atoms with Crippen molar-refractivity contribution < 1.29 is 3.89 Å². The zero-order valence-electron chi connectivity index (χ0n) is 6.72. The molecule has 60 valence electrons. The Morgan fingerprint density at radius 1 is 1.60 bits per heavy atom. The van der Waals surface area contributed by atoms with Gasteiger partial charge in [-0.1, -0.05) is 17.3 Å². The van der Waals surface area contributed by atoms with E-state index >= 15 is 0 Å². The van der Waals surface area contributed by atoms with Crippen LogP contribution in [0, 0.1) is 11.3 Å². The van der Waals surface area contributed by atoms with E-state index in [-0.39, 0.29) is 5.25 Å². The zero-order valence-corrected chi connectivity index (χ0v) is 7.54. The van der Waals surface area contributed by atoms with E-state index in [1.54, 1.807) is 12.5 Å². The molecule has 0 rings (SSSR count). The number of hydrogen-bond acceptors (Lipinski definition) is 1. The molecule has 0 N–H and O–H groups in total. The standard InChI is InChI=1S/C7H14FNS/c1-4-7(5-6-9)10(2,3)8/h7H,4-5H2,1-3H3. The molecule has 0 spiro atoms. The van der Waals surface area contributed by atoms with Crippen molar-refractivity contribution in [2.24, 2.45) is 0 Å². The Hall–Kier alpha value is -0.230. The van der Waals surface area contributed by atoms with Crippen LogP contribution < -0.4 is 0 Å². The van der Waals surface area contributed by atoms with Crippen molar-refractivity contribution in [3.63, 3.8) is 0 Å². The highest BCUT2D eigenvalue weighted by atomic mass is 32.3. The summed E-state index contributed by atoms with van der Waals surface area (Å²) in [6.45, 7) is 1.93. The van der Waals surface area contributed by atoms with Crippen molar-refractivity contribution >= 4 is 10.4 Å². The Morgan fingerprint density at radius 2 is 2.10 bits per heavy atom. The average Bonchev–Trinajstić information content (AvgIpc) is 1.80. The second kappa shape index (κ2) is 3.82. The van der Waals surface area contributed by atoms with Crippen LogP contribution in [-0.4, -0.2) is 17.8 Å². The first-order chi connectivity index (χ1) is 4.52. The molecule has 1 unspecified atom stereocenters. The Balaban J connectivity index is 3.97. The fourth-order valence-corrected chi connectivity index (χ4v) is 2.10. The molecule has 0 bridgehead atoms. The lowest BCUT2D eigenvalue weighted by atomic mass is 10.3. The average molecular weight is 163 g/mol. The van der Waals surface area contributed by atoms with Crippen LogP contribution >= 0.6 is 10.4 Å². The van der Waals surface area contributed by atoms with Gasteiger partial charge in [0.15, 0.2) is 0 Å². The van der Waals surface area contributed by atoms with Gasteiger partial charge in [-0.2, -0.15) is 9.15 Å². The molecule has 1 nitrogen and oxygen atoms in total. The van der Waals surface area contributed by atoms with E-state index in [4.69, 9.17) is 5.26 Å². The van der Waals surface area contributed by atoms with Crippen molar-refractivity contribution in [2.45, 2.75) is 25.0 Å². The van der Waals surface area contributed by atoms with Gasteiger partial charge in [-0.05, 0) is 18.9 Å². The predicted octanol–water partition coefficient (Wildman–Crippen LogP) is 2.63. The highest BCUT2D eigenvalue weighted by molar-refractivity contribution is 8.28. The number of nitriles is 1. The van der Waals surface area contributed by atoms with Gasteiger partial charge in [0.2, 0.25) is 0 Å². The minimum absolute atomic E-state index is 0.0301. The largest absolute Gasteiger partial charge is 0.198 e. The lowest BCUT2D eigenvalue weighted by Gasteiger charge is -2.28. The van der Waals surface area contributed by atoms with E-state index in [9.17, 15) is 3.89 Å². The third-order valence-electron chi connectivity index (χ3n) is 1.57. The van der Waals surface area contributed by atoms with Crippen LogP contribution in [0.3, 0.4) is 0 Å². The Kier molecular flexibility index (Phi) is 3.73. The molecule has 0 radical (unpaired) electrons. The lowest BCUT2D eigenvalue weighted by Crippen LogP contribution is -2.10. The molecule has 0 saturated heterocycles. The predicted molar refractivity (Wildman–Crippen MR) is 44.9 cm³/mol. The molecular formula is C7H14FNS. The molecule has 0 saturated carbocycles. The van der Waals surface area contributed by atoms with Crippen LogP contribution in [-0.2, 0) is 0 Å². The van der Waals surface area contributed by atoms with Gasteiger partial charge in [-0.25, -0.2) is 0 Å². The Bertz CT molecular complexity index is 134. The topological polar surface area (TPSA) is 23.8 Å². The van der Waals surface area contributed by atoms with Gasteiger partial charge in [0, 0.05) is 11.7 Å². The lowest BCUT2D eigenvalue weighted by molar-refractivity contribution is 0.775. The van der Waals surface area contributed by atoms with Crippen molar-refractivity contribution in [1.82, 2.24) is 0 Å². The minimum Gasteiger partial charge on any atom is -0.198 e. The number of halogens is 1. The molecule has 0 aromatic rings. The van der Waals surface area contributed by atoms with Crippen LogP contribution in [0.15, 0.2) is 0 Å². The first-order valence-corrected chi connectivity index (χ1v) is 5.72. The smallest absolute Gasteiger partial charge is 0.0633 e. The van der Waals surface area contributed by atoms with Gasteiger partial charge < -0.3 is 0 Å². The number of rotatable bonds is 3. The van der Waals surface area contributed by atoms with Crippen molar-refractivity contribution in [3.05, 3.63) is 0 Å². The summed E-state index contributed by atoms with van der Waals surface area (Å²) in [6, 6.07) is 2.01. The molecule has 0 aliphatic rings. The van der Waals surface area contributed by atoms with Crippen molar-refractivity contribution in [1.29, 1.82) is 5.26 Å². The molecule has 1 atom stereocenters. The summed E-state index contributed by atoms with van der Waals surface area (Å²) in [5.74, 6) is 0. The van der Waals surface area contributed by atoms with Crippen molar-refractivity contribution in [3.8, 4) is 6.07 Å². The molecule has 0 aromatic heterocycles. The molecular weight excluding hydrogens is 149 g/mol. The van der Waals surface area contributed by atoms with Gasteiger partial charge >= 0.3 is 0 Å². The van der Waals surface area contributed by atoms with Gasteiger partial charge in [0.05, 0.1) is 6.07 Å². The normalized spacial score (nSPS) is 15.9. The second-order valence-corrected chi connectivity index (χ2v) is 5.89. The minimum atomic E-state index is -2.00. The van der Waals surface area contributed by atoms with Crippen LogP contribution in [0.5, 0.6) is 0 Å². The monoisotopic (exact) mass is 163 g/mol. The Labute approximate surface area is 63.8 Å². The van der Waals surface area contributed by atoms with E-state index < -0.39 is 10.4 Å². The van der Waals surface area contributed by atoms with Crippen LogP contribution in [0.1, 0.15) is 19.8 Å². The maximum Gasteiger partial charge on any atom is 0.0633 e. The molecule has 0 fully saturated rings. The summed E-state index contributed by atoms with van der Waals surface area (Å²) in [5, 5.41) is 8.30. The first-order valence-electron chi connectivity index (χ1n) is 3.31. The van der Waals surface area contributed by atoms with Gasteiger partial charge in [0.25, 0.3) is 0 Å². The van der Waals surface area contributed by atoms with E-state index in [0.29, 0.717) is 6.42 Å². The molecule has 10 heavy (non-hydrogen) atoms. The maximum atomic E-state index is 13.2. The molecule has 0 aliphatic carbocycles. The van der Waals surface area contributed by atoms with Crippen LogP contribution in [0.4, 0.5) is 3.89 Å². The number of hydrogen-bond donors (Lipinski definition) is 0. The number of nitrogens with zero attached hydrogens (tertiary/aromatic N) is 1. The SMILES string of the molecule is CCC(CC#N)S(C)(C)F. The molecule has 3 heteroatoms. The second-order valence-electron chi connectivity index (χ2n) is 2.67. The van der Waals surface area contributed by atoms with Gasteiger partial charge in [-0.15, -0.1) is 0 Å². The fraction of sp³-hybridized carbons (Fsp3) is 0.857.